The van der Waals surface area contributed by atoms with Gasteiger partial charge < -0.3 is 25.0 Å². The van der Waals surface area contributed by atoms with Crippen molar-refractivity contribution in [1.29, 1.82) is 0 Å². The predicted octanol–water partition coefficient (Wildman–Crippen LogP) is 2.06. The molecule has 0 radical (unpaired) electrons. The fourth-order valence-electron chi connectivity index (χ4n) is 1.61. The number of amides is 1. The van der Waals surface area contributed by atoms with Crippen LogP contribution in [-0.2, 0) is 9.47 Å². The summed E-state index contributed by atoms with van der Waals surface area (Å²) < 4.78 is 10.4. The molecule has 0 saturated heterocycles. The Morgan fingerprint density at radius 2 is 1.70 bits per heavy atom. The number of carbonyl (C=O) groups excluding carboxylic acids is 1. The van der Waals surface area contributed by atoms with Gasteiger partial charge in [-0.1, -0.05) is 0 Å². The smallest absolute Gasteiger partial charge is 0.410 e. The molecule has 138 valence electrons. The van der Waals surface area contributed by atoms with Crippen molar-refractivity contribution in [2.45, 2.75) is 40.2 Å². The molecule has 1 amide bonds. The number of hydrogen-bond donors (Lipinski definition) is 2. The minimum atomic E-state index is -0.510. The minimum Gasteiger partial charge on any atom is -0.444 e. The minimum absolute atomic E-state index is 0. The van der Waals surface area contributed by atoms with Gasteiger partial charge in [0, 0.05) is 33.3 Å². The van der Waals surface area contributed by atoms with Crippen molar-refractivity contribution in [2.75, 3.05) is 46.4 Å². The molecular formula is C15H33IN4O3. The van der Waals surface area contributed by atoms with E-state index in [9.17, 15) is 4.79 Å². The number of nitrogens with one attached hydrogen (secondary N) is 2. The number of carbonyl (C=O) groups is 1. The summed E-state index contributed by atoms with van der Waals surface area (Å²) in [4.78, 5) is 18.2. The van der Waals surface area contributed by atoms with Crippen molar-refractivity contribution in [3.63, 3.8) is 0 Å². The molecule has 7 nitrogen and oxygen atoms in total. The topological polar surface area (TPSA) is 75.2 Å². The third-order valence-electron chi connectivity index (χ3n) is 2.55. The van der Waals surface area contributed by atoms with Crippen LogP contribution < -0.4 is 10.6 Å². The number of aliphatic imine (C=N–C) groups is 1. The van der Waals surface area contributed by atoms with Gasteiger partial charge in [0.1, 0.15) is 5.60 Å². The van der Waals surface area contributed by atoms with Crippen molar-refractivity contribution in [1.82, 2.24) is 15.5 Å². The highest BCUT2D eigenvalue weighted by Crippen LogP contribution is 2.09. The van der Waals surface area contributed by atoms with Gasteiger partial charge in [0.05, 0.1) is 13.2 Å². The molecule has 23 heavy (non-hydrogen) atoms. The normalized spacial score (nSPS) is 10.3. The molecule has 0 aromatic heterocycles. The van der Waals surface area contributed by atoms with Crippen LogP contribution in [0.1, 0.15) is 34.6 Å². The molecular weight excluding hydrogens is 411 g/mol. The van der Waals surface area contributed by atoms with E-state index in [0.29, 0.717) is 26.2 Å². The van der Waals surface area contributed by atoms with E-state index in [4.69, 9.17) is 9.47 Å². The first-order chi connectivity index (χ1) is 10.3. The van der Waals surface area contributed by atoms with Gasteiger partial charge in [0.2, 0.25) is 0 Å². The Hall–Kier alpha value is -0.770. The maximum atomic E-state index is 12.2. The van der Waals surface area contributed by atoms with Gasteiger partial charge in [-0.2, -0.15) is 0 Å². The Bertz CT molecular complexity index is 338. The SMILES string of the molecule is CCNC(=NCCN(CCOC)C(=O)OC(C)(C)C)NCC.I. The maximum absolute atomic E-state index is 12.2. The van der Waals surface area contributed by atoms with Crippen LogP contribution in [-0.4, -0.2) is 69.0 Å². The standard InChI is InChI=1S/C15H32N4O3.HI/c1-7-16-13(17-8-2)18-9-10-19(11-12-21-6)14(20)22-15(3,4)5;/h7-12H2,1-6H3,(H2,16,17,18);1H. The summed E-state index contributed by atoms with van der Waals surface area (Å²) in [5.41, 5.74) is -0.510. The third-order valence-corrected chi connectivity index (χ3v) is 2.55. The fraction of sp³-hybridized carbons (Fsp3) is 0.867. The van der Waals surface area contributed by atoms with Crippen LogP contribution in [0, 0.1) is 0 Å². The highest BCUT2D eigenvalue weighted by molar-refractivity contribution is 14.0. The molecule has 0 aliphatic heterocycles. The largest absolute Gasteiger partial charge is 0.444 e. The van der Waals surface area contributed by atoms with Crippen LogP contribution in [0.2, 0.25) is 0 Å². The molecule has 0 heterocycles. The monoisotopic (exact) mass is 444 g/mol. The first kappa shape index (κ1) is 24.5. The van der Waals surface area contributed by atoms with Gasteiger partial charge in [-0.3, -0.25) is 4.99 Å². The Kier molecular flexibility index (Phi) is 14.5. The fourth-order valence-corrected chi connectivity index (χ4v) is 1.61. The van der Waals surface area contributed by atoms with E-state index in [-0.39, 0.29) is 30.1 Å². The number of halogens is 1. The number of hydrogen-bond acceptors (Lipinski definition) is 4. The summed E-state index contributed by atoms with van der Waals surface area (Å²) in [6.07, 6.45) is -0.340. The lowest BCUT2D eigenvalue weighted by molar-refractivity contribution is 0.0208. The van der Waals surface area contributed by atoms with Gasteiger partial charge in [0.25, 0.3) is 0 Å². The zero-order valence-electron chi connectivity index (χ0n) is 15.3. The van der Waals surface area contributed by atoms with E-state index in [1.807, 2.05) is 34.6 Å². The Labute approximate surface area is 157 Å². The highest BCUT2D eigenvalue weighted by Gasteiger charge is 2.21. The summed E-state index contributed by atoms with van der Waals surface area (Å²) in [5.74, 6) is 0.751. The predicted molar refractivity (Wildman–Crippen MR) is 105 cm³/mol. The molecule has 0 aromatic rings. The lowest BCUT2D eigenvalue weighted by Gasteiger charge is -2.27. The third kappa shape index (κ3) is 13.4. The van der Waals surface area contributed by atoms with E-state index in [1.54, 1.807) is 12.0 Å². The number of rotatable bonds is 8. The van der Waals surface area contributed by atoms with Gasteiger partial charge in [0.15, 0.2) is 5.96 Å². The summed E-state index contributed by atoms with van der Waals surface area (Å²) >= 11 is 0. The lowest BCUT2D eigenvalue weighted by Crippen LogP contribution is -2.41. The van der Waals surface area contributed by atoms with Crippen molar-refractivity contribution in [3.05, 3.63) is 0 Å². The maximum Gasteiger partial charge on any atom is 0.410 e. The molecule has 0 fully saturated rings. The molecule has 0 bridgehead atoms. The second-order valence-corrected chi connectivity index (χ2v) is 5.75. The lowest BCUT2D eigenvalue weighted by atomic mass is 10.2. The number of nitrogens with zero attached hydrogens (tertiary/aromatic N) is 2. The summed E-state index contributed by atoms with van der Waals surface area (Å²) in [7, 11) is 1.61. The van der Waals surface area contributed by atoms with Crippen LogP contribution in [0.3, 0.4) is 0 Å². The quantitative estimate of drug-likeness (QED) is 0.341. The van der Waals surface area contributed by atoms with Gasteiger partial charge in [-0.25, -0.2) is 4.79 Å². The molecule has 0 atom stereocenters. The highest BCUT2D eigenvalue weighted by atomic mass is 127. The molecule has 2 N–H and O–H groups in total. The van der Waals surface area contributed by atoms with E-state index >= 15 is 0 Å². The van der Waals surface area contributed by atoms with Gasteiger partial charge >= 0.3 is 6.09 Å². The Balaban J connectivity index is 0. The second kappa shape index (κ2) is 13.6. The Morgan fingerprint density at radius 1 is 1.13 bits per heavy atom. The molecule has 0 aromatic carbocycles. The van der Waals surface area contributed by atoms with Gasteiger partial charge in [-0.05, 0) is 34.6 Å². The molecule has 0 spiro atoms. The van der Waals surface area contributed by atoms with Crippen LogP contribution in [0.4, 0.5) is 4.79 Å². The molecule has 0 saturated carbocycles. The van der Waals surface area contributed by atoms with Gasteiger partial charge in [-0.15, -0.1) is 24.0 Å². The molecule has 0 aliphatic rings. The van der Waals surface area contributed by atoms with E-state index in [1.165, 1.54) is 0 Å². The van der Waals surface area contributed by atoms with Crippen molar-refractivity contribution >= 4 is 36.0 Å². The molecule has 0 rings (SSSR count). The average Bonchev–Trinajstić information content (AvgIpc) is 2.40. The Morgan fingerprint density at radius 3 is 2.13 bits per heavy atom. The molecule has 0 unspecified atom stereocenters. The summed E-state index contributed by atoms with van der Waals surface area (Å²) in [5, 5.41) is 6.29. The van der Waals surface area contributed by atoms with Crippen molar-refractivity contribution < 1.29 is 14.3 Å². The first-order valence-corrected chi connectivity index (χ1v) is 7.83. The van der Waals surface area contributed by atoms with Crippen LogP contribution in [0.15, 0.2) is 4.99 Å². The zero-order chi connectivity index (χ0) is 17.0. The number of guanidine groups is 1. The van der Waals surface area contributed by atoms with Crippen molar-refractivity contribution in [3.8, 4) is 0 Å². The van der Waals surface area contributed by atoms with Crippen LogP contribution >= 0.6 is 24.0 Å². The van der Waals surface area contributed by atoms with Crippen molar-refractivity contribution in [2.24, 2.45) is 4.99 Å². The van der Waals surface area contributed by atoms with E-state index in [0.717, 1.165) is 19.0 Å². The van der Waals surface area contributed by atoms with Crippen LogP contribution in [0.25, 0.3) is 0 Å². The van der Waals surface area contributed by atoms with Crippen LogP contribution in [0.5, 0.6) is 0 Å². The summed E-state index contributed by atoms with van der Waals surface area (Å²) in [6.45, 7) is 13.1. The average molecular weight is 444 g/mol. The first-order valence-electron chi connectivity index (χ1n) is 7.83. The zero-order valence-corrected chi connectivity index (χ0v) is 17.6. The van der Waals surface area contributed by atoms with E-state index in [2.05, 4.69) is 15.6 Å². The summed E-state index contributed by atoms with van der Waals surface area (Å²) in [6, 6.07) is 0. The number of ether oxygens (including phenoxy) is 2. The van der Waals surface area contributed by atoms with E-state index < -0.39 is 5.60 Å². The molecule has 8 heteroatoms. The number of methoxy groups -OCH3 is 1. The second-order valence-electron chi connectivity index (χ2n) is 5.75. The molecule has 0 aliphatic carbocycles.